The van der Waals surface area contributed by atoms with Crippen LogP contribution >= 0.6 is 0 Å². The summed E-state index contributed by atoms with van der Waals surface area (Å²) in [5.74, 6) is -0.235. The third-order valence-corrected chi connectivity index (χ3v) is 20.1. The molecule has 2 saturated heterocycles. The van der Waals surface area contributed by atoms with Gasteiger partial charge in [-0.1, -0.05) is 369 Å². The summed E-state index contributed by atoms with van der Waals surface area (Å²) >= 11 is 0. The SMILES string of the molecule is CC/C=C\C/C=C\C/C=C\C/C=C\C/C=C\CCCCCCCCCCCCCCCCCCCC(=O)NC(COC1OC(CO)C(OC2OC(CO)C(O)C(O)C2O)C(O)C1O)C(O)/C=C/CCCCCCCCCCCCCCCCCCCCCCCCCCCCCCCC. The number of hydrogen-bond acceptors (Lipinski definition) is 13. The molecule has 14 heteroatoms. The van der Waals surface area contributed by atoms with Crippen LogP contribution in [0.5, 0.6) is 0 Å². The molecule has 0 radical (unpaired) electrons. The number of rotatable bonds is 70. The number of ether oxygens (including phenoxy) is 4. The smallest absolute Gasteiger partial charge is 0.220 e. The molecular weight excluding hydrogens is 1240 g/mol. The van der Waals surface area contributed by atoms with E-state index in [9.17, 15) is 45.6 Å². The molecule has 2 heterocycles. The van der Waals surface area contributed by atoms with Gasteiger partial charge in [0.25, 0.3) is 0 Å². The fourth-order valence-electron chi connectivity index (χ4n) is 13.6. The van der Waals surface area contributed by atoms with Crippen LogP contribution < -0.4 is 5.32 Å². The van der Waals surface area contributed by atoms with Gasteiger partial charge in [0.2, 0.25) is 5.91 Å². The lowest BCUT2D eigenvalue weighted by Crippen LogP contribution is -2.65. The van der Waals surface area contributed by atoms with Crippen molar-refractivity contribution in [3.8, 4) is 0 Å². The fourth-order valence-corrected chi connectivity index (χ4v) is 13.6. The largest absolute Gasteiger partial charge is 0.394 e. The van der Waals surface area contributed by atoms with Gasteiger partial charge in [-0.25, -0.2) is 0 Å². The summed E-state index contributed by atoms with van der Waals surface area (Å²) in [6.07, 6.45) is 78.5. The molecule has 12 unspecified atom stereocenters. The van der Waals surface area contributed by atoms with Gasteiger partial charge in [0.1, 0.15) is 48.8 Å². The van der Waals surface area contributed by atoms with Crippen LogP contribution in [0.15, 0.2) is 72.9 Å². The highest BCUT2D eigenvalue weighted by atomic mass is 16.7. The number of aliphatic hydroxyl groups excluding tert-OH is 8. The number of aliphatic hydroxyl groups is 8. The summed E-state index contributed by atoms with van der Waals surface area (Å²) < 4.78 is 22.9. The first-order chi connectivity index (χ1) is 48.6. The molecule has 12 atom stereocenters. The van der Waals surface area contributed by atoms with Gasteiger partial charge >= 0.3 is 0 Å². The second-order valence-electron chi connectivity index (χ2n) is 29.2. The quantitative estimate of drug-likeness (QED) is 0.0204. The van der Waals surface area contributed by atoms with Crippen LogP contribution in [-0.2, 0) is 23.7 Å². The first-order valence-corrected chi connectivity index (χ1v) is 41.7. The van der Waals surface area contributed by atoms with Crippen molar-refractivity contribution in [2.75, 3.05) is 19.8 Å². The van der Waals surface area contributed by atoms with E-state index in [-0.39, 0.29) is 18.9 Å². The molecule has 0 aromatic rings. The van der Waals surface area contributed by atoms with Crippen LogP contribution in [0.2, 0.25) is 0 Å². The van der Waals surface area contributed by atoms with Crippen molar-refractivity contribution >= 4 is 5.91 Å². The fraction of sp³-hybridized carbons (Fsp3) is 0.847. The van der Waals surface area contributed by atoms with E-state index in [1.807, 2.05) is 6.08 Å². The van der Waals surface area contributed by atoms with Gasteiger partial charge in [-0.15, -0.1) is 0 Å². The average molecular weight is 1400 g/mol. The van der Waals surface area contributed by atoms with Crippen LogP contribution in [0.25, 0.3) is 0 Å². The molecular formula is C85H155NO13. The Bertz CT molecular complexity index is 1940. The zero-order chi connectivity index (χ0) is 71.5. The lowest BCUT2D eigenvalue weighted by molar-refractivity contribution is -0.359. The molecule has 0 aromatic carbocycles. The molecule has 578 valence electrons. The second kappa shape index (κ2) is 68.5. The summed E-state index contributed by atoms with van der Waals surface area (Å²) in [5, 5.41) is 87.8. The van der Waals surface area contributed by atoms with E-state index in [4.69, 9.17) is 18.9 Å². The maximum atomic E-state index is 13.4. The number of nitrogens with one attached hydrogen (secondary N) is 1. The molecule has 0 bridgehead atoms. The van der Waals surface area contributed by atoms with Gasteiger partial charge in [0.05, 0.1) is 32.0 Å². The van der Waals surface area contributed by atoms with Crippen molar-refractivity contribution in [1.29, 1.82) is 0 Å². The Balaban J connectivity index is 1.60. The normalized spacial score (nSPS) is 22.3. The van der Waals surface area contributed by atoms with E-state index in [1.165, 1.54) is 270 Å². The minimum Gasteiger partial charge on any atom is -0.394 e. The Morgan fingerprint density at radius 1 is 0.374 bits per heavy atom. The van der Waals surface area contributed by atoms with Crippen molar-refractivity contribution in [2.45, 2.75) is 441 Å². The molecule has 14 nitrogen and oxygen atoms in total. The first-order valence-electron chi connectivity index (χ1n) is 41.7. The second-order valence-corrected chi connectivity index (χ2v) is 29.2. The Labute approximate surface area is 606 Å². The predicted molar refractivity (Wildman–Crippen MR) is 410 cm³/mol. The highest BCUT2D eigenvalue weighted by Gasteiger charge is 2.51. The molecule has 2 fully saturated rings. The van der Waals surface area contributed by atoms with Crippen molar-refractivity contribution in [1.82, 2.24) is 5.32 Å². The van der Waals surface area contributed by atoms with Gasteiger partial charge in [-0.2, -0.15) is 0 Å². The monoisotopic (exact) mass is 1400 g/mol. The summed E-state index contributed by atoms with van der Waals surface area (Å²) in [6, 6.07) is -0.919. The number of unbranched alkanes of at least 4 members (excludes halogenated alkanes) is 47. The zero-order valence-corrected chi connectivity index (χ0v) is 63.5. The maximum absolute atomic E-state index is 13.4. The first kappa shape index (κ1) is 92.5. The van der Waals surface area contributed by atoms with Gasteiger partial charge in [-0.3, -0.25) is 4.79 Å². The number of hydrogen-bond donors (Lipinski definition) is 9. The van der Waals surface area contributed by atoms with E-state index < -0.39 is 86.8 Å². The predicted octanol–water partition coefficient (Wildman–Crippen LogP) is 19.3. The summed E-state index contributed by atoms with van der Waals surface area (Å²) in [5.41, 5.74) is 0. The van der Waals surface area contributed by atoms with Crippen LogP contribution in [0.4, 0.5) is 0 Å². The van der Waals surface area contributed by atoms with Gasteiger partial charge in [0, 0.05) is 6.42 Å². The van der Waals surface area contributed by atoms with E-state index in [0.717, 1.165) is 70.6 Å². The highest BCUT2D eigenvalue weighted by Crippen LogP contribution is 2.30. The lowest BCUT2D eigenvalue weighted by atomic mass is 9.97. The minimum atomic E-state index is -1.79. The summed E-state index contributed by atoms with van der Waals surface area (Å²) in [4.78, 5) is 13.4. The number of amides is 1. The average Bonchev–Trinajstić information content (AvgIpc) is 0.793. The Kier molecular flexibility index (Phi) is 64.0. The van der Waals surface area contributed by atoms with Gasteiger partial charge < -0.3 is 65.1 Å². The van der Waals surface area contributed by atoms with Gasteiger partial charge in [-0.05, 0) is 64.2 Å². The Morgan fingerprint density at radius 2 is 0.697 bits per heavy atom. The highest BCUT2D eigenvalue weighted by molar-refractivity contribution is 5.76. The molecule has 0 aliphatic carbocycles. The van der Waals surface area contributed by atoms with E-state index in [0.29, 0.717) is 6.42 Å². The van der Waals surface area contributed by atoms with E-state index in [2.05, 4.69) is 79.9 Å². The van der Waals surface area contributed by atoms with Crippen molar-refractivity contribution in [3.05, 3.63) is 72.9 Å². The standard InChI is InChI=1S/C85H155NO13/c1-3-5-7-9-11-13-15-17-19-21-23-25-27-29-31-33-35-37-39-41-43-45-47-49-51-53-55-57-59-61-63-65-67-69-77(90)86-73(72-96-84-82(95)80(93)83(76(71-88)98-84)99-85-81(94)79(92)78(91)75(70-87)97-85)74(89)68-66-64-62-60-58-56-54-52-50-48-46-44-42-40-38-36-34-32-30-28-26-24-22-20-18-16-14-12-10-8-6-4-2/h5,7,11,13,17,19,23,25,29,31,66,68,73-76,78-85,87-89,91-95H,3-4,6,8-10,12,14-16,18,20-22,24,26-28,30,32-65,67,69-72H2,1-2H3,(H,86,90)/b7-5-,13-11-,19-17-,25-23-,31-29-,68-66+. The summed E-state index contributed by atoms with van der Waals surface area (Å²) in [7, 11) is 0. The third kappa shape index (κ3) is 51.3. The summed E-state index contributed by atoms with van der Waals surface area (Å²) in [6.45, 7) is 2.74. The molecule has 0 aromatic heterocycles. The molecule has 0 saturated carbocycles. The Morgan fingerprint density at radius 3 is 1.07 bits per heavy atom. The van der Waals surface area contributed by atoms with Gasteiger partial charge in [0.15, 0.2) is 12.6 Å². The maximum Gasteiger partial charge on any atom is 0.220 e. The lowest BCUT2D eigenvalue weighted by Gasteiger charge is -2.46. The topological polar surface area (TPSA) is 228 Å². The molecule has 1 amide bonds. The molecule has 2 rings (SSSR count). The molecule has 99 heavy (non-hydrogen) atoms. The van der Waals surface area contributed by atoms with Crippen molar-refractivity contribution in [2.24, 2.45) is 0 Å². The molecule has 9 N–H and O–H groups in total. The van der Waals surface area contributed by atoms with Crippen LogP contribution in [0, 0.1) is 0 Å². The number of carbonyl (C=O) groups is 1. The third-order valence-electron chi connectivity index (χ3n) is 20.1. The van der Waals surface area contributed by atoms with Crippen molar-refractivity contribution in [3.63, 3.8) is 0 Å². The minimum absolute atomic E-state index is 0.235. The molecule has 0 spiro atoms. The Hall–Kier alpha value is -2.57. The van der Waals surface area contributed by atoms with E-state index in [1.54, 1.807) is 6.08 Å². The number of allylic oxidation sites excluding steroid dienone is 11. The zero-order valence-electron chi connectivity index (χ0n) is 63.5. The molecule has 2 aliphatic rings. The van der Waals surface area contributed by atoms with Crippen LogP contribution in [0.3, 0.4) is 0 Å². The van der Waals surface area contributed by atoms with Crippen molar-refractivity contribution < 1.29 is 64.6 Å². The van der Waals surface area contributed by atoms with E-state index >= 15 is 0 Å². The van der Waals surface area contributed by atoms with Crippen LogP contribution in [-0.4, -0.2) is 140 Å². The molecule has 2 aliphatic heterocycles. The van der Waals surface area contributed by atoms with Crippen LogP contribution in [0.1, 0.15) is 367 Å². The number of carbonyl (C=O) groups excluding carboxylic acids is 1.